The summed E-state index contributed by atoms with van der Waals surface area (Å²) in [6.07, 6.45) is 1.60. The second-order valence-corrected chi connectivity index (χ2v) is 5.53. The van der Waals surface area contributed by atoms with Gasteiger partial charge in [-0.2, -0.15) is 0 Å². The van der Waals surface area contributed by atoms with E-state index < -0.39 is 0 Å². The number of hydrogen-bond acceptors (Lipinski definition) is 6. The number of nitrogen functional groups attached to an aromatic ring is 1. The van der Waals surface area contributed by atoms with Crippen LogP contribution in [0.2, 0.25) is 0 Å². The van der Waals surface area contributed by atoms with Crippen LogP contribution >= 0.6 is 11.8 Å². The van der Waals surface area contributed by atoms with Crippen molar-refractivity contribution in [1.29, 1.82) is 0 Å². The van der Waals surface area contributed by atoms with E-state index in [-0.39, 0.29) is 23.6 Å². The number of aliphatic imine (C=N–C) groups is 1. The topological polar surface area (TPSA) is 91.3 Å². The van der Waals surface area contributed by atoms with Crippen LogP contribution in [-0.2, 0) is 0 Å². The normalized spacial score (nSPS) is 12.1. The molecule has 0 aliphatic carbocycles. The number of rotatable bonds is 5. The molecule has 7 heteroatoms. The van der Waals surface area contributed by atoms with E-state index in [9.17, 15) is 5.11 Å². The van der Waals surface area contributed by atoms with E-state index in [4.69, 9.17) is 10.3 Å². The maximum atomic E-state index is 11.7. The Hall–Kier alpha value is -2.02. The van der Waals surface area contributed by atoms with E-state index in [1.165, 1.54) is 11.8 Å². The van der Waals surface area contributed by atoms with Gasteiger partial charge in [-0.05, 0) is 42.6 Å². The zero-order chi connectivity index (χ0) is 14.5. The number of thioether (sulfide) groups is 1. The minimum Gasteiger partial charge on any atom is -0.861 e. The van der Waals surface area contributed by atoms with Gasteiger partial charge in [-0.1, -0.05) is 6.07 Å². The summed E-state index contributed by atoms with van der Waals surface area (Å²) in [6.45, 7) is 3.92. The monoisotopic (exact) mass is 292 g/mol. The number of aromatic nitrogens is 2. The van der Waals surface area contributed by atoms with Crippen LogP contribution < -0.4 is 15.5 Å². The highest BCUT2D eigenvalue weighted by atomic mass is 32.2. The molecule has 0 bridgehead atoms. The molecule has 2 aromatic rings. The van der Waals surface area contributed by atoms with Crippen molar-refractivity contribution in [3.8, 4) is 0 Å². The first kappa shape index (κ1) is 14.4. The lowest BCUT2D eigenvalue weighted by molar-refractivity contribution is -0.779. The zero-order valence-electron chi connectivity index (χ0n) is 11.3. The van der Waals surface area contributed by atoms with E-state index in [1.54, 1.807) is 16.9 Å². The lowest BCUT2D eigenvalue weighted by Gasteiger charge is -2.08. The summed E-state index contributed by atoms with van der Waals surface area (Å²) in [4.78, 5) is 4.79. The molecule has 1 aromatic carbocycles. The van der Waals surface area contributed by atoms with Gasteiger partial charge < -0.3 is 10.8 Å². The van der Waals surface area contributed by atoms with Crippen LogP contribution in [0.25, 0.3) is 0 Å². The van der Waals surface area contributed by atoms with Gasteiger partial charge >= 0.3 is 5.88 Å². The lowest BCUT2D eigenvalue weighted by Crippen LogP contribution is -2.36. The van der Waals surface area contributed by atoms with Crippen molar-refractivity contribution in [3.63, 3.8) is 0 Å². The third-order valence-corrected chi connectivity index (χ3v) is 3.43. The Kier molecular flexibility index (Phi) is 4.62. The molecule has 20 heavy (non-hydrogen) atoms. The number of benzene rings is 1. The number of anilines is 1. The van der Waals surface area contributed by atoms with Crippen LogP contribution in [-0.4, -0.2) is 16.9 Å². The van der Waals surface area contributed by atoms with Gasteiger partial charge in [-0.3, -0.25) is 4.52 Å². The third-order valence-electron chi connectivity index (χ3n) is 2.46. The average molecular weight is 292 g/mol. The van der Waals surface area contributed by atoms with E-state index in [1.807, 2.05) is 32.0 Å². The van der Waals surface area contributed by atoms with Crippen molar-refractivity contribution < 1.29 is 14.3 Å². The first-order valence-corrected chi connectivity index (χ1v) is 7.14. The standard InChI is InChI=1S/C13H16N4O2S/c1-9(2)17-7-13(19-16-17)15-12(18)8-20-11-5-3-4-10(14)6-11/h3-7,9H,8,14H2,1-2H3. The van der Waals surface area contributed by atoms with Crippen LogP contribution in [0.4, 0.5) is 11.6 Å². The Morgan fingerprint density at radius 2 is 2.35 bits per heavy atom. The minimum atomic E-state index is -0.274. The minimum absolute atomic E-state index is 0.166. The molecule has 0 unspecified atom stereocenters. The Morgan fingerprint density at radius 3 is 3.00 bits per heavy atom. The molecule has 2 N–H and O–H groups in total. The predicted octanol–water partition coefficient (Wildman–Crippen LogP) is 1.31. The van der Waals surface area contributed by atoms with E-state index in [0.29, 0.717) is 5.69 Å². The second-order valence-electron chi connectivity index (χ2n) is 4.48. The van der Waals surface area contributed by atoms with Crippen LogP contribution in [0.15, 0.2) is 44.9 Å². The maximum Gasteiger partial charge on any atom is 0.320 e. The molecule has 1 aromatic heterocycles. The molecule has 0 atom stereocenters. The molecule has 0 saturated heterocycles. The van der Waals surface area contributed by atoms with Gasteiger partial charge in [0.1, 0.15) is 0 Å². The zero-order valence-corrected chi connectivity index (χ0v) is 12.1. The molecule has 0 fully saturated rings. The Bertz CT molecular complexity index is 610. The first-order chi connectivity index (χ1) is 9.54. The molecule has 106 valence electrons. The Labute approximate surface area is 121 Å². The molecule has 1 heterocycles. The largest absolute Gasteiger partial charge is 0.861 e. The first-order valence-electron chi connectivity index (χ1n) is 6.15. The van der Waals surface area contributed by atoms with E-state index in [0.717, 1.165) is 4.90 Å². The van der Waals surface area contributed by atoms with Crippen molar-refractivity contribution >= 4 is 29.2 Å². The van der Waals surface area contributed by atoms with E-state index in [2.05, 4.69) is 10.3 Å². The van der Waals surface area contributed by atoms with Gasteiger partial charge in [0.15, 0.2) is 6.04 Å². The Balaban J connectivity index is 1.96. The van der Waals surface area contributed by atoms with Gasteiger partial charge in [-0.25, -0.2) is 4.99 Å². The summed E-state index contributed by atoms with van der Waals surface area (Å²) in [5, 5.41) is 15.5. The van der Waals surface area contributed by atoms with Crippen LogP contribution in [0, 0.1) is 0 Å². The summed E-state index contributed by atoms with van der Waals surface area (Å²) < 4.78 is 6.57. The molecular weight excluding hydrogens is 276 g/mol. The van der Waals surface area contributed by atoms with Gasteiger partial charge in [-0.15, -0.1) is 11.8 Å². The van der Waals surface area contributed by atoms with Gasteiger partial charge in [0.05, 0.1) is 0 Å². The summed E-state index contributed by atoms with van der Waals surface area (Å²) >= 11 is 1.38. The molecular formula is C13H16N4O2S. The van der Waals surface area contributed by atoms with Gasteiger partial charge in [0.25, 0.3) is 6.20 Å². The van der Waals surface area contributed by atoms with Crippen molar-refractivity contribution in [2.75, 3.05) is 11.5 Å². The summed E-state index contributed by atoms with van der Waals surface area (Å²) in [5.41, 5.74) is 6.35. The summed E-state index contributed by atoms with van der Waals surface area (Å²) in [5.74, 6) is 0.174. The summed E-state index contributed by atoms with van der Waals surface area (Å²) in [7, 11) is 0. The van der Waals surface area contributed by atoms with Crippen molar-refractivity contribution in [3.05, 3.63) is 30.5 Å². The highest BCUT2D eigenvalue weighted by Crippen LogP contribution is 2.20. The molecule has 6 nitrogen and oxygen atoms in total. The van der Waals surface area contributed by atoms with Crippen molar-refractivity contribution in [2.24, 2.45) is 4.99 Å². The van der Waals surface area contributed by atoms with Crippen LogP contribution in [0.1, 0.15) is 19.9 Å². The molecule has 2 rings (SSSR count). The average Bonchev–Trinajstić information content (AvgIpc) is 2.85. The fraction of sp³-hybridized carbons (Fsp3) is 0.308. The van der Waals surface area contributed by atoms with Crippen molar-refractivity contribution in [1.82, 2.24) is 5.27 Å². The molecule has 0 spiro atoms. The van der Waals surface area contributed by atoms with Crippen LogP contribution in [0.3, 0.4) is 0 Å². The summed E-state index contributed by atoms with van der Waals surface area (Å²) in [6, 6.07) is 7.53. The van der Waals surface area contributed by atoms with E-state index >= 15 is 0 Å². The number of hydrogen-bond donors (Lipinski definition) is 1. The molecule has 0 aliphatic rings. The SMILES string of the molecule is CC(C)[n+]1cc(/N=C(/[O-])CSc2cccc(N)c2)on1. The van der Waals surface area contributed by atoms with Crippen LogP contribution in [0.5, 0.6) is 0 Å². The van der Waals surface area contributed by atoms with Gasteiger partial charge in [0.2, 0.25) is 5.27 Å². The van der Waals surface area contributed by atoms with Crippen molar-refractivity contribution in [2.45, 2.75) is 24.8 Å². The third kappa shape index (κ3) is 3.99. The Morgan fingerprint density at radius 1 is 1.55 bits per heavy atom. The quantitative estimate of drug-likeness (QED) is 0.295. The fourth-order valence-corrected chi connectivity index (χ4v) is 2.20. The molecule has 0 radical (unpaired) electrons. The lowest BCUT2D eigenvalue weighted by atomic mass is 10.3. The number of nitrogens with two attached hydrogens (primary N) is 1. The fourth-order valence-electron chi connectivity index (χ4n) is 1.45. The molecule has 0 amide bonds. The second kappa shape index (κ2) is 6.42. The maximum absolute atomic E-state index is 11.7. The molecule has 0 aliphatic heterocycles. The van der Waals surface area contributed by atoms with Gasteiger partial charge in [0, 0.05) is 16.3 Å². The molecule has 0 saturated carbocycles. The smallest absolute Gasteiger partial charge is 0.320 e. The predicted molar refractivity (Wildman–Crippen MR) is 75.8 cm³/mol. The highest BCUT2D eigenvalue weighted by Gasteiger charge is 2.13. The highest BCUT2D eigenvalue weighted by molar-refractivity contribution is 8.00. The number of nitrogens with zero attached hydrogens (tertiary/aromatic N) is 3.